The second kappa shape index (κ2) is 4.57. The molecular formula is C7H15ClN2O. The van der Waals surface area contributed by atoms with Crippen molar-refractivity contribution in [2.24, 2.45) is 17.6 Å². The maximum absolute atomic E-state index is 11.0. The predicted molar refractivity (Wildman–Crippen MR) is 46.6 cm³/mol. The van der Waals surface area contributed by atoms with Gasteiger partial charge in [-0.3, -0.25) is 4.79 Å². The molecule has 0 aliphatic heterocycles. The van der Waals surface area contributed by atoms with E-state index in [2.05, 4.69) is 5.32 Å². The van der Waals surface area contributed by atoms with Crippen LogP contribution in [0.4, 0.5) is 0 Å². The van der Waals surface area contributed by atoms with Gasteiger partial charge in [0, 0.05) is 12.5 Å². The Bertz CT molecular complexity index is 140. The van der Waals surface area contributed by atoms with Gasteiger partial charge in [0.2, 0.25) is 5.91 Å². The number of nitrogens with one attached hydrogen (secondary N) is 1. The summed E-state index contributed by atoms with van der Waals surface area (Å²) in [7, 11) is 0. The van der Waals surface area contributed by atoms with Gasteiger partial charge in [0.25, 0.3) is 0 Å². The normalized spacial score (nSPS) is 27.1. The third kappa shape index (κ3) is 2.67. The summed E-state index contributed by atoms with van der Waals surface area (Å²) in [6.45, 7) is 3.31. The van der Waals surface area contributed by atoms with E-state index in [4.69, 9.17) is 5.73 Å². The summed E-state index contributed by atoms with van der Waals surface area (Å²) in [6.07, 6.45) is 0.988. The van der Waals surface area contributed by atoms with Crippen LogP contribution in [0.3, 0.4) is 0 Å². The predicted octanol–water partition coefficient (Wildman–Crippen LogP) is 0.139. The lowest BCUT2D eigenvalue weighted by Crippen LogP contribution is -2.25. The Morgan fingerprint density at radius 2 is 2.36 bits per heavy atom. The first-order valence-electron chi connectivity index (χ1n) is 3.77. The average molecular weight is 179 g/mol. The molecule has 3 nitrogen and oxygen atoms in total. The Labute approximate surface area is 73.1 Å². The zero-order valence-corrected chi connectivity index (χ0v) is 7.49. The highest BCUT2D eigenvalue weighted by Crippen LogP contribution is 2.37. The van der Waals surface area contributed by atoms with E-state index in [0.29, 0.717) is 12.5 Å². The number of halogens is 1. The largest absolute Gasteiger partial charge is 0.356 e. The molecule has 0 aromatic rings. The van der Waals surface area contributed by atoms with Gasteiger partial charge < -0.3 is 11.1 Å². The molecule has 0 radical (unpaired) electrons. The molecule has 0 aromatic heterocycles. The van der Waals surface area contributed by atoms with Gasteiger partial charge in [-0.25, -0.2) is 0 Å². The van der Waals surface area contributed by atoms with Gasteiger partial charge >= 0.3 is 0 Å². The Balaban J connectivity index is 0.000001000. The molecule has 0 bridgehead atoms. The average Bonchev–Trinajstić information content (AvgIpc) is 2.66. The molecule has 1 fully saturated rings. The summed E-state index contributed by atoms with van der Waals surface area (Å²) >= 11 is 0. The number of amides is 1. The third-order valence-electron chi connectivity index (χ3n) is 1.91. The molecular weight excluding hydrogens is 164 g/mol. The zero-order valence-electron chi connectivity index (χ0n) is 6.67. The summed E-state index contributed by atoms with van der Waals surface area (Å²) in [5.41, 5.74) is 5.38. The van der Waals surface area contributed by atoms with Gasteiger partial charge in [-0.15, -0.1) is 12.4 Å². The van der Waals surface area contributed by atoms with E-state index in [1.165, 1.54) is 0 Å². The molecule has 66 valence electrons. The van der Waals surface area contributed by atoms with E-state index in [1.807, 2.05) is 6.92 Å². The van der Waals surface area contributed by atoms with Crippen molar-refractivity contribution in [3.63, 3.8) is 0 Å². The first-order valence-corrected chi connectivity index (χ1v) is 3.77. The Morgan fingerprint density at radius 1 is 1.73 bits per heavy atom. The fourth-order valence-corrected chi connectivity index (χ4v) is 1.13. The quantitative estimate of drug-likeness (QED) is 0.646. The fraction of sp³-hybridized carbons (Fsp3) is 0.857. The minimum atomic E-state index is 0. The Kier molecular flexibility index (Phi) is 4.45. The molecule has 2 atom stereocenters. The summed E-state index contributed by atoms with van der Waals surface area (Å²) in [5.74, 6) is 0.870. The fourth-order valence-electron chi connectivity index (χ4n) is 1.13. The number of nitrogens with two attached hydrogens (primary N) is 1. The van der Waals surface area contributed by atoms with E-state index in [-0.39, 0.29) is 24.2 Å². The SMILES string of the molecule is CCNC(=O)C1CC1CN.Cl. The zero-order chi connectivity index (χ0) is 7.56. The van der Waals surface area contributed by atoms with E-state index in [1.54, 1.807) is 0 Å². The maximum atomic E-state index is 11.0. The molecule has 1 aliphatic rings. The molecule has 4 heteroatoms. The second-order valence-electron chi connectivity index (χ2n) is 2.73. The lowest BCUT2D eigenvalue weighted by atomic mass is 10.3. The molecule has 0 heterocycles. The molecule has 11 heavy (non-hydrogen) atoms. The van der Waals surface area contributed by atoms with Gasteiger partial charge in [-0.1, -0.05) is 0 Å². The van der Waals surface area contributed by atoms with Crippen molar-refractivity contribution < 1.29 is 4.79 Å². The number of carbonyl (C=O) groups excluding carboxylic acids is 1. The van der Waals surface area contributed by atoms with Gasteiger partial charge in [-0.2, -0.15) is 0 Å². The number of rotatable bonds is 3. The molecule has 1 saturated carbocycles. The van der Waals surface area contributed by atoms with Gasteiger partial charge in [-0.05, 0) is 25.8 Å². The smallest absolute Gasteiger partial charge is 0.223 e. The van der Waals surface area contributed by atoms with E-state index >= 15 is 0 Å². The minimum Gasteiger partial charge on any atom is -0.356 e. The van der Waals surface area contributed by atoms with Crippen molar-refractivity contribution in [1.29, 1.82) is 0 Å². The van der Waals surface area contributed by atoms with Gasteiger partial charge in [0.15, 0.2) is 0 Å². The van der Waals surface area contributed by atoms with Crippen LogP contribution >= 0.6 is 12.4 Å². The standard InChI is InChI=1S/C7H14N2O.ClH/c1-2-9-7(10)6-3-5(6)4-8;/h5-6H,2-4,8H2,1H3,(H,9,10);1H. The summed E-state index contributed by atoms with van der Waals surface area (Å²) in [4.78, 5) is 11.0. The third-order valence-corrected chi connectivity index (χ3v) is 1.91. The van der Waals surface area contributed by atoms with Crippen LogP contribution in [0.5, 0.6) is 0 Å². The number of hydrogen-bond donors (Lipinski definition) is 2. The molecule has 0 saturated heterocycles. The van der Waals surface area contributed by atoms with Crippen molar-refractivity contribution in [3.8, 4) is 0 Å². The van der Waals surface area contributed by atoms with E-state index in [9.17, 15) is 4.79 Å². The van der Waals surface area contributed by atoms with E-state index < -0.39 is 0 Å². The van der Waals surface area contributed by atoms with Crippen LogP contribution in [0, 0.1) is 11.8 Å². The number of carbonyl (C=O) groups is 1. The monoisotopic (exact) mass is 178 g/mol. The molecule has 2 unspecified atom stereocenters. The van der Waals surface area contributed by atoms with Crippen LogP contribution < -0.4 is 11.1 Å². The molecule has 1 aliphatic carbocycles. The first-order chi connectivity index (χ1) is 4.79. The van der Waals surface area contributed by atoms with E-state index in [0.717, 1.165) is 13.0 Å². The van der Waals surface area contributed by atoms with Crippen molar-refractivity contribution in [2.45, 2.75) is 13.3 Å². The topological polar surface area (TPSA) is 55.1 Å². The van der Waals surface area contributed by atoms with Crippen LogP contribution in [-0.4, -0.2) is 19.0 Å². The second-order valence-corrected chi connectivity index (χ2v) is 2.73. The van der Waals surface area contributed by atoms with Crippen LogP contribution in [0.15, 0.2) is 0 Å². The summed E-state index contributed by atoms with van der Waals surface area (Å²) in [5, 5.41) is 2.78. The highest BCUT2D eigenvalue weighted by Gasteiger charge is 2.41. The maximum Gasteiger partial charge on any atom is 0.223 e. The lowest BCUT2D eigenvalue weighted by Gasteiger charge is -1.98. The van der Waals surface area contributed by atoms with Crippen molar-refractivity contribution in [3.05, 3.63) is 0 Å². The van der Waals surface area contributed by atoms with Crippen molar-refractivity contribution >= 4 is 18.3 Å². The highest BCUT2D eigenvalue weighted by molar-refractivity contribution is 5.85. The van der Waals surface area contributed by atoms with Crippen LogP contribution in [0.2, 0.25) is 0 Å². The first kappa shape index (κ1) is 10.7. The highest BCUT2D eigenvalue weighted by atomic mass is 35.5. The molecule has 1 amide bonds. The Hall–Kier alpha value is -0.280. The van der Waals surface area contributed by atoms with Crippen LogP contribution in [0.1, 0.15) is 13.3 Å². The van der Waals surface area contributed by atoms with Gasteiger partial charge in [0.1, 0.15) is 0 Å². The molecule has 0 aromatic carbocycles. The van der Waals surface area contributed by atoms with Crippen molar-refractivity contribution in [1.82, 2.24) is 5.32 Å². The summed E-state index contributed by atoms with van der Waals surface area (Å²) in [6, 6.07) is 0. The van der Waals surface area contributed by atoms with Gasteiger partial charge in [0.05, 0.1) is 0 Å². The number of hydrogen-bond acceptors (Lipinski definition) is 2. The van der Waals surface area contributed by atoms with Crippen LogP contribution in [-0.2, 0) is 4.79 Å². The molecule has 1 rings (SSSR count). The molecule has 3 N–H and O–H groups in total. The summed E-state index contributed by atoms with van der Waals surface area (Å²) < 4.78 is 0. The van der Waals surface area contributed by atoms with Crippen LogP contribution in [0.25, 0.3) is 0 Å². The Morgan fingerprint density at radius 3 is 2.73 bits per heavy atom. The molecule has 0 spiro atoms. The van der Waals surface area contributed by atoms with Crippen molar-refractivity contribution in [2.75, 3.05) is 13.1 Å². The minimum absolute atomic E-state index is 0. The lowest BCUT2D eigenvalue weighted by molar-refractivity contribution is -0.122.